The number of allylic oxidation sites excluding steroid dienone is 1. The van der Waals surface area contributed by atoms with Gasteiger partial charge in [-0.25, -0.2) is 4.98 Å². The third-order valence-corrected chi connectivity index (χ3v) is 3.47. The van der Waals surface area contributed by atoms with Crippen molar-refractivity contribution in [1.82, 2.24) is 4.98 Å². The SMILES string of the molecule is ClC1=CC=Nc2cc3ccccc3nc2S1. The van der Waals surface area contributed by atoms with E-state index in [1.165, 1.54) is 11.8 Å². The topological polar surface area (TPSA) is 25.2 Å². The van der Waals surface area contributed by atoms with Crippen molar-refractivity contribution in [2.24, 2.45) is 4.99 Å². The summed E-state index contributed by atoms with van der Waals surface area (Å²) < 4.78 is 0.685. The van der Waals surface area contributed by atoms with Crippen molar-refractivity contribution in [2.45, 2.75) is 5.03 Å². The standard InChI is InChI=1S/C12H7ClN2S/c13-11-5-6-14-10-7-8-3-1-2-4-9(8)15-12(10)16-11/h1-7H. The van der Waals surface area contributed by atoms with Crippen molar-refractivity contribution in [3.8, 4) is 0 Å². The highest BCUT2D eigenvalue weighted by Gasteiger charge is 2.10. The van der Waals surface area contributed by atoms with Crippen molar-refractivity contribution >= 4 is 46.2 Å². The molecule has 0 saturated carbocycles. The van der Waals surface area contributed by atoms with E-state index in [9.17, 15) is 0 Å². The number of benzene rings is 1. The lowest BCUT2D eigenvalue weighted by molar-refractivity contribution is 1.18. The van der Waals surface area contributed by atoms with E-state index >= 15 is 0 Å². The largest absolute Gasteiger partial charge is 0.254 e. The molecular weight excluding hydrogens is 240 g/mol. The van der Waals surface area contributed by atoms with Gasteiger partial charge >= 0.3 is 0 Å². The van der Waals surface area contributed by atoms with Gasteiger partial charge in [-0.3, -0.25) is 4.99 Å². The van der Waals surface area contributed by atoms with Crippen LogP contribution in [0.15, 0.2) is 50.8 Å². The van der Waals surface area contributed by atoms with Gasteiger partial charge in [-0.15, -0.1) is 0 Å². The van der Waals surface area contributed by atoms with E-state index < -0.39 is 0 Å². The van der Waals surface area contributed by atoms with Crippen LogP contribution in [0.2, 0.25) is 0 Å². The molecule has 2 aromatic rings. The van der Waals surface area contributed by atoms with Crippen molar-refractivity contribution in [3.63, 3.8) is 0 Å². The van der Waals surface area contributed by atoms with Crippen molar-refractivity contribution in [1.29, 1.82) is 0 Å². The maximum Gasteiger partial charge on any atom is 0.128 e. The zero-order valence-electron chi connectivity index (χ0n) is 8.22. The Bertz CT molecular complexity index is 619. The van der Waals surface area contributed by atoms with E-state index in [0.29, 0.717) is 4.36 Å². The Hall–Kier alpha value is -1.32. The van der Waals surface area contributed by atoms with Gasteiger partial charge in [0.1, 0.15) is 5.03 Å². The second-order valence-electron chi connectivity index (χ2n) is 3.36. The van der Waals surface area contributed by atoms with Gasteiger partial charge in [0.25, 0.3) is 0 Å². The molecule has 0 saturated heterocycles. The first-order chi connectivity index (χ1) is 7.83. The molecule has 0 unspecified atom stereocenters. The van der Waals surface area contributed by atoms with E-state index in [-0.39, 0.29) is 0 Å². The van der Waals surface area contributed by atoms with E-state index in [4.69, 9.17) is 11.6 Å². The van der Waals surface area contributed by atoms with Gasteiger partial charge in [-0.1, -0.05) is 41.6 Å². The van der Waals surface area contributed by atoms with E-state index in [0.717, 1.165) is 21.6 Å². The Morgan fingerprint density at radius 3 is 3.00 bits per heavy atom. The fraction of sp³-hybridized carbons (Fsp3) is 0. The summed E-state index contributed by atoms with van der Waals surface area (Å²) in [6.45, 7) is 0. The van der Waals surface area contributed by atoms with E-state index in [2.05, 4.69) is 9.98 Å². The number of hydrogen-bond donors (Lipinski definition) is 0. The van der Waals surface area contributed by atoms with E-state index in [1.807, 2.05) is 30.3 Å². The maximum atomic E-state index is 5.99. The van der Waals surface area contributed by atoms with Crippen LogP contribution in [0.4, 0.5) is 5.69 Å². The van der Waals surface area contributed by atoms with Gasteiger partial charge in [0, 0.05) is 11.6 Å². The first-order valence-corrected chi connectivity index (χ1v) is 6.00. The summed E-state index contributed by atoms with van der Waals surface area (Å²) in [5.74, 6) is 0. The minimum atomic E-state index is 0.685. The first-order valence-electron chi connectivity index (χ1n) is 4.80. The molecule has 0 bridgehead atoms. The lowest BCUT2D eigenvalue weighted by Gasteiger charge is -2.04. The molecule has 2 heterocycles. The van der Waals surface area contributed by atoms with E-state index in [1.54, 1.807) is 12.3 Å². The third-order valence-electron chi connectivity index (χ3n) is 2.28. The molecule has 0 fully saturated rings. The maximum absolute atomic E-state index is 5.99. The number of hydrogen-bond acceptors (Lipinski definition) is 3. The highest BCUT2D eigenvalue weighted by molar-refractivity contribution is 8.04. The molecule has 0 radical (unpaired) electrons. The molecular formula is C12H7ClN2S. The van der Waals surface area contributed by atoms with Crippen LogP contribution in [-0.2, 0) is 0 Å². The summed E-state index contributed by atoms with van der Waals surface area (Å²) in [7, 11) is 0. The highest BCUT2D eigenvalue weighted by Crippen LogP contribution is 2.37. The van der Waals surface area contributed by atoms with Crippen LogP contribution in [0.1, 0.15) is 0 Å². The minimum absolute atomic E-state index is 0.685. The molecule has 78 valence electrons. The third kappa shape index (κ3) is 1.72. The molecule has 0 aliphatic carbocycles. The number of halogens is 1. The average molecular weight is 247 g/mol. The number of aliphatic imine (C=N–C) groups is 1. The molecule has 1 aliphatic heterocycles. The Morgan fingerprint density at radius 1 is 1.19 bits per heavy atom. The van der Waals surface area contributed by atoms with Crippen LogP contribution in [0.3, 0.4) is 0 Å². The van der Waals surface area contributed by atoms with Crippen molar-refractivity contribution in [2.75, 3.05) is 0 Å². The smallest absolute Gasteiger partial charge is 0.128 e. The van der Waals surface area contributed by atoms with Crippen LogP contribution in [0.25, 0.3) is 10.9 Å². The fourth-order valence-electron chi connectivity index (χ4n) is 1.56. The molecule has 16 heavy (non-hydrogen) atoms. The Balaban J connectivity index is 2.26. The monoisotopic (exact) mass is 246 g/mol. The number of fused-ring (bicyclic) bond motifs is 2. The minimum Gasteiger partial charge on any atom is -0.254 e. The molecule has 0 spiro atoms. The van der Waals surface area contributed by atoms with Gasteiger partial charge < -0.3 is 0 Å². The quantitative estimate of drug-likeness (QED) is 0.699. The number of nitrogens with zero attached hydrogens (tertiary/aromatic N) is 2. The zero-order chi connectivity index (χ0) is 11.0. The molecule has 1 aromatic carbocycles. The summed E-state index contributed by atoms with van der Waals surface area (Å²) >= 11 is 7.43. The molecule has 0 N–H and O–H groups in total. The van der Waals surface area contributed by atoms with Crippen LogP contribution in [0, 0.1) is 0 Å². The molecule has 4 heteroatoms. The number of thioether (sulfide) groups is 1. The molecule has 1 aliphatic rings. The van der Waals surface area contributed by atoms with Gasteiger partial charge in [-0.2, -0.15) is 0 Å². The summed E-state index contributed by atoms with van der Waals surface area (Å²) in [6, 6.07) is 10.0. The van der Waals surface area contributed by atoms with Crippen molar-refractivity contribution in [3.05, 3.63) is 40.8 Å². The number of aromatic nitrogens is 1. The second kappa shape index (κ2) is 3.92. The summed E-state index contributed by atoms with van der Waals surface area (Å²) in [6.07, 6.45) is 3.48. The molecule has 2 nitrogen and oxygen atoms in total. The Labute approximate surface area is 102 Å². The molecule has 0 atom stereocenters. The fourth-order valence-corrected chi connectivity index (χ4v) is 2.51. The molecule has 0 amide bonds. The van der Waals surface area contributed by atoms with Gasteiger partial charge in [0.2, 0.25) is 0 Å². The summed E-state index contributed by atoms with van der Waals surface area (Å²) in [5, 5.41) is 1.95. The summed E-state index contributed by atoms with van der Waals surface area (Å²) in [5.41, 5.74) is 1.84. The van der Waals surface area contributed by atoms with Crippen LogP contribution in [0.5, 0.6) is 0 Å². The second-order valence-corrected chi connectivity index (χ2v) is 5.02. The lowest BCUT2D eigenvalue weighted by Crippen LogP contribution is -1.82. The van der Waals surface area contributed by atoms with Crippen LogP contribution in [-0.4, -0.2) is 11.2 Å². The van der Waals surface area contributed by atoms with Crippen LogP contribution >= 0.6 is 23.4 Å². The predicted octanol–water partition coefficient (Wildman–Crippen LogP) is 4.12. The Kier molecular flexibility index (Phi) is 2.42. The number of rotatable bonds is 0. The Morgan fingerprint density at radius 2 is 2.06 bits per heavy atom. The average Bonchev–Trinajstić information content (AvgIpc) is 2.46. The normalized spacial score (nSPS) is 14.4. The summed E-state index contributed by atoms with van der Waals surface area (Å²) in [4.78, 5) is 8.87. The number of para-hydroxylation sites is 1. The van der Waals surface area contributed by atoms with Gasteiger partial charge in [0.05, 0.1) is 15.6 Å². The zero-order valence-corrected chi connectivity index (χ0v) is 9.79. The molecule has 3 rings (SSSR count). The van der Waals surface area contributed by atoms with Gasteiger partial charge in [-0.05, 0) is 18.2 Å². The van der Waals surface area contributed by atoms with Crippen LogP contribution < -0.4 is 0 Å². The lowest BCUT2D eigenvalue weighted by atomic mass is 10.2. The number of pyridine rings is 1. The van der Waals surface area contributed by atoms with Crippen molar-refractivity contribution < 1.29 is 0 Å². The predicted molar refractivity (Wildman–Crippen MR) is 69.7 cm³/mol. The molecule has 1 aromatic heterocycles. The van der Waals surface area contributed by atoms with Gasteiger partial charge in [0.15, 0.2) is 0 Å². The first kappa shape index (κ1) is 9.87. The highest BCUT2D eigenvalue weighted by atomic mass is 35.5.